The van der Waals surface area contributed by atoms with Crippen LogP contribution in [0.1, 0.15) is 68.8 Å². The maximum Gasteiger partial charge on any atom is 0.315 e. The van der Waals surface area contributed by atoms with Crippen LogP contribution >= 0.6 is 0 Å². The molecule has 0 bridgehead atoms. The molecule has 0 spiro atoms. The Bertz CT molecular complexity index is 821. The molecule has 30 heavy (non-hydrogen) atoms. The van der Waals surface area contributed by atoms with Gasteiger partial charge in [-0.3, -0.25) is 0 Å². The number of methoxy groups -OCH3 is 1. The van der Waals surface area contributed by atoms with Gasteiger partial charge in [-0.1, -0.05) is 43.9 Å². The highest BCUT2D eigenvalue weighted by molar-refractivity contribution is 5.75. The summed E-state index contributed by atoms with van der Waals surface area (Å²) in [5.41, 5.74) is 0.905. The summed E-state index contributed by atoms with van der Waals surface area (Å²) in [4.78, 5) is 17.8. The second kappa shape index (κ2) is 9.54. The minimum atomic E-state index is -0.381. The number of aryl methyl sites for hydroxylation is 1. The number of ether oxygens (including phenoxy) is 1. The van der Waals surface area contributed by atoms with Crippen molar-refractivity contribution in [2.24, 2.45) is 18.9 Å². The topological polar surface area (TPSA) is 68.2 Å². The zero-order valence-corrected chi connectivity index (χ0v) is 18.1. The molecule has 2 fully saturated rings. The molecule has 2 amide bonds. The summed E-state index contributed by atoms with van der Waals surface area (Å²) >= 11 is 0. The van der Waals surface area contributed by atoms with E-state index < -0.39 is 0 Å². The second-order valence-corrected chi connectivity index (χ2v) is 8.80. The normalized spacial score (nSPS) is 18.6. The molecule has 2 saturated carbocycles. The van der Waals surface area contributed by atoms with E-state index >= 15 is 0 Å². The molecule has 1 unspecified atom stereocenters. The number of hydrogen-bond donors (Lipinski definition) is 2. The molecule has 2 aliphatic carbocycles. The maximum atomic E-state index is 13.3. The average Bonchev–Trinajstić information content (AvgIpc) is 3.53. The highest BCUT2D eigenvalue weighted by atomic mass is 16.5. The Morgan fingerprint density at radius 3 is 2.27 bits per heavy atom. The van der Waals surface area contributed by atoms with Gasteiger partial charge in [-0.15, -0.1) is 0 Å². The van der Waals surface area contributed by atoms with Crippen LogP contribution in [0.3, 0.4) is 0 Å². The van der Waals surface area contributed by atoms with Crippen molar-refractivity contribution >= 4 is 6.03 Å². The van der Waals surface area contributed by atoms with E-state index in [1.807, 2.05) is 42.1 Å². The average molecular weight is 411 g/mol. The number of aromatic nitrogens is 2. The molecule has 2 aliphatic rings. The Hall–Kier alpha value is -2.50. The SMILES string of the molecule is COc1ccccc1C(NC(=O)NC(C1CCCC1)C1CCCC1)c1nccn1C. The number of carbonyl (C=O) groups is 1. The number of carbonyl (C=O) groups excluding carboxylic acids is 1. The first-order valence-electron chi connectivity index (χ1n) is 11.3. The molecule has 4 rings (SSSR count). The van der Waals surface area contributed by atoms with Crippen molar-refractivity contribution < 1.29 is 9.53 Å². The molecule has 0 radical (unpaired) electrons. The van der Waals surface area contributed by atoms with Crippen LogP contribution < -0.4 is 15.4 Å². The standard InChI is InChI=1S/C24H34N4O2/c1-28-16-15-25-23(28)22(19-13-7-8-14-20(19)30-2)27-24(29)26-21(17-9-3-4-10-17)18-11-5-6-12-18/h7-8,13-18,21-22H,3-6,9-12H2,1-2H3,(H2,26,27,29). The van der Waals surface area contributed by atoms with Gasteiger partial charge in [0.15, 0.2) is 0 Å². The van der Waals surface area contributed by atoms with Crippen LogP contribution in [0.25, 0.3) is 0 Å². The molecule has 6 heteroatoms. The Kier molecular flexibility index (Phi) is 6.60. The van der Waals surface area contributed by atoms with Crippen LogP contribution in [-0.4, -0.2) is 28.7 Å². The molecule has 1 aromatic carbocycles. The Labute approximate surface area is 179 Å². The van der Waals surface area contributed by atoms with E-state index in [9.17, 15) is 4.79 Å². The van der Waals surface area contributed by atoms with E-state index in [1.165, 1.54) is 51.4 Å². The number of urea groups is 1. The molecule has 6 nitrogen and oxygen atoms in total. The molecule has 162 valence electrons. The lowest BCUT2D eigenvalue weighted by Crippen LogP contribution is -2.49. The zero-order valence-electron chi connectivity index (χ0n) is 18.1. The van der Waals surface area contributed by atoms with Crippen molar-refractivity contribution in [3.63, 3.8) is 0 Å². The first-order chi connectivity index (χ1) is 14.7. The molecule has 2 N–H and O–H groups in total. The van der Waals surface area contributed by atoms with Crippen molar-refractivity contribution in [2.75, 3.05) is 7.11 Å². The number of imidazole rings is 1. The number of benzene rings is 1. The van der Waals surface area contributed by atoms with Crippen molar-refractivity contribution in [3.05, 3.63) is 48.0 Å². The summed E-state index contributed by atoms with van der Waals surface area (Å²) in [6.07, 6.45) is 13.7. The van der Waals surface area contributed by atoms with Crippen LogP contribution in [0.4, 0.5) is 4.79 Å². The van der Waals surface area contributed by atoms with Crippen molar-refractivity contribution in [3.8, 4) is 5.75 Å². The summed E-state index contributed by atoms with van der Waals surface area (Å²) in [5.74, 6) is 2.75. The van der Waals surface area contributed by atoms with Gasteiger partial charge in [0.25, 0.3) is 0 Å². The summed E-state index contributed by atoms with van der Waals surface area (Å²) in [5, 5.41) is 6.61. The number of rotatable bonds is 7. The molecule has 1 heterocycles. The van der Waals surface area contributed by atoms with Gasteiger partial charge in [0.2, 0.25) is 0 Å². The number of nitrogens with zero attached hydrogens (tertiary/aromatic N) is 2. The quantitative estimate of drug-likeness (QED) is 0.703. The third kappa shape index (κ3) is 4.47. The molecule has 2 aromatic rings. The third-order valence-electron chi connectivity index (χ3n) is 6.96. The Balaban J connectivity index is 1.56. The van der Waals surface area contributed by atoms with Crippen LogP contribution in [0.2, 0.25) is 0 Å². The number of hydrogen-bond acceptors (Lipinski definition) is 3. The number of nitrogens with one attached hydrogen (secondary N) is 2. The summed E-state index contributed by atoms with van der Waals surface area (Å²) in [7, 11) is 3.61. The lowest BCUT2D eigenvalue weighted by molar-refractivity contribution is 0.212. The summed E-state index contributed by atoms with van der Waals surface area (Å²) < 4.78 is 7.53. The van der Waals surface area contributed by atoms with E-state index in [4.69, 9.17) is 4.74 Å². The van der Waals surface area contributed by atoms with Crippen molar-refractivity contribution in [1.82, 2.24) is 20.2 Å². The van der Waals surface area contributed by atoms with Crippen LogP contribution in [0, 0.1) is 11.8 Å². The van der Waals surface area contributed by atoms with E-state index in [2.05, 4.69) is 15.6 Å². The molecule has 0 saturated heterocycles. The minimum Gasteiger partial charge on any atom is -0.496 e. The van der Waals surface area contributed by atoms with Crippen LogP contribution in [0.5, 0.6) is 5.75 Å². The first kappa shape index (κ1) is 20.8. The third-order valence-corrected chi connectivity index (χ3v) is 6.96. The van der Waals surface area contributed by atoms with Gasteiger partial charge in [0.1, 0.15) is 17.6 Å². The molecular weight excluding hydrogens is 376 g/mol. The number of para-hydroxylation sites is 1. The Morgan fingerprint density at radius 2 is 1.70 bits per heavy atom. The smallest absolute Gasteiger partial charge is 0.315 e. The monoisotopic (exact) mass is 410 g/mol. The fraction of sp³-hybridized carbons (Fsp3) is 0.583. The lowest BCUT2D eigenvalue weighted by Gasteiger charge is -2.31. The molecule has 1 aromatic heterocycles. The fourth-order valence-electron chi connectivity index (χ4n) is 5.42. The van der Waals surface area contributed by atoms with Gasteiger partial charge >= 0.3 is 6.03 Å². The van der Waals surface area contributed by atoms with E-state index in [-0.39, 0.29) is 18.1 Å². The van der Waals surface area contributed by atoms with Crippen molar-refractivity contribution in [1.29, 1.82) is 0 Å². The molecule has 1 atom stereocenters. The second-order valence-electron chi connectivity index (χ2n) is 8.80. The van der Waals surface area contributed by atoms with Gasteiger partial charge in [-0.05, 0) is 43.6 Å². The minimum absolute atomic E-state index is 0.113. The predicted molar refractivity (Wildman–Crippen MR) is 117 cm³/mol. The van der Waals surface area contributed by atoms with Gasteiger partial charge in [0.05, 0.1) is 7.11 Å². The zero-order chi connectivity index (χ0) is 20.9. The van der Waals surface area contributed by atoms with Gasteiger partial charge < -0.3 is 19.9 Å². The maximum absolute atomic E-state index is 13.3. The van der Waals surface area contributed by atoms with E-state index in [1.54, 1.807) is 13.3 Å². The molecular formula is C24H34N4O2. The number of amides is 2. The van der Waals surface area contributed by atoms with Gasteiger partial charge in [0, 0.05) is 31.0 Å². The highest BCUT2D eigenvalue weighted by Gasteiger charge is 2.35. The van der Waals surface area contributed by atoms with Gasteiger partial charge in [-0.2, -0.15) is 0 Å². The van der Waals surface area contributed by atoms with Gasteiger partial charge in [-0.25, -0.2) is 9.78 Å². The van der Waals surface area contributed by atoms with Crippen molar-refractivity contribution in [2.45, 2.75) is 63.5 Å². The lowest BCUT2D eigenvalue weighted by atomic mass is 9.86. The molecule has 0 aliphatic heterocycles. The fourth-order valence-corrected chi connectivity index (χ4v) is 5.42. The van der Waals surface area contributed by atoms with E-state index in [0.29, 0.717) is 11.8 Å². The largest absolute Gasteiger partial charge is 0.496 e. The van der Waals surface area contributed by atoms with E-state index in [0.717, 1.165) is 17.1 Å². The van der Waals surface area contributed by atoms with Crippen LogP contribution in [-0.2, 0) is 7.05 Å². The highest BCUT2D eigenvalue weighted by Crippen LogP contribution is 2.37. The summed E-state index contributed by atoms with van der Waals surface area (Å²) in [6.45, 7) is 0. The predicted octanol–water partition coefficient (Wildman–Crippen LogP) is 4.57. The summed E-state index contributed by atoms with van der Waals surface area (Å²) in [6, 6.07) is 7.59. The Morgan fingerprint density at radius 1 is 1.07 bits per heavy atom. The van der Waals surface area contributed by atoms with Crippen LogP contribution in [0.15, 0.2) is 36.7 Å². The first-order valence-corrected chi connectivity index (χ1v) is 11.3.